The highest BCUT2D eigenvalue weighted by molar-refractivity contribution is 7.72. The van der Waals surface area contributed by atoms with Crippen LogP contribution < -0.4 is 0 Å². The van der Waals surface area contributed by atoms with Crippen molar-refractivity contribution in [2.45, 2.75) is 31.3 Å². The van der Waals surface area contributed by atoms with E-state index in [-0.39, 0.29) is 11.2 Å². The maximum absolute atomic E-state index is 14.9. The second-order valence-electron chi connectivity index (χ2n) is 6.00. The number of H-pyrrole nitrogens is 1. The van der Waals surface area contributed by atoms with Gasteiger partial charge in [0.05, 0.1) is 12.7 Å². The third-order valence-electron chi connectivity index (χ3n) is 3.41. The van der Waals surface area contributed by atoms with E-state index in [2.05, 4.69) is 18.1 Å². The summed E-state index contributed by atoms with van der Waals surface area (Å²) in [6.45, 7) is 0.432. The minimum absolute atomic E-state index is 0.0694. The molecule has 0 aliphatic carbocycles. The molecular weight excluding hydrogens is 500 g/mol. The molecule has 0 bridgehead atoms. The number of hydrogen-bond donors (Lipinski definition) is 5. The quantitative estimate of drug-likeness (QED) is 0.251. The zero-order valence-corrected chi connectivity index (χ0v) is 18.7. The number of halogens is 1. The number of ether oxygens (including phenoxy) is 1. The van der Waals surface area contributed by atoms with Gasteiger partial charge in [-0.05, 0) is 25.2 Å². The van der Waals surface area contributed by atoms with E-state index in [1.165, 1.54) is 23.8 Å². The molecule has 0 amide bonds. The fraction of sp³-hybridized carbons (Fsp3) is 0.600. The first-order valence-corrected chi connectivity index (χ1v) is 12.8. The van der Waals surface area contributed by atoms with E-state index in [1.807, 2.05) is 0 Å². The van der Waals surface area contributed by atoms with Gasteiger partial charge >= 0.3 is 23.5 Å². The summed E-state index contributed by atoms with van der Waals surface area (Å²) in [6.07, 6.45) is -1.26. The molecule has 29 heavy (non-hydrogen) atoms. The van der Waals surface area contributed by atoms with E-state index in [0.717, 1.165) is 0 Å². The van der Waals surface area contributed by atoms with Gasteiger partial charge in [-0.25, -0.2) is 18.1 Å². The molecule has 0 radical (unpaired) electrons. The highest BCUT2D eigenvalue weighted by atomic mass is 32.1. The fourth-order valence-corrected chi connectivity index (χ4v) is 6.00. The minimum atomic E-state index is -5.64. The predicted octanol–water partition coefficient (Wildman–Crippen LogP) is 2.63. The largest absolute Gasteiger partial charge is 0.490 e. The molecule has 19 heteroatoms. The Hall–Kier alpha value is -0.180. The first-order chi connectivity index (χ1) is 13.0. The standard InChI is InChI=1S/C10H16FN2O11P3S2/c1-10(11)4-6(22-8(10)13-3-2-7(28)12-9(13)29)5-21-26(17,18)24-27(19,20)23-25(14,15)16/h2-3,6,8H,4-5H2,1H3,(H,17,18)(H,19,20)(H,12,28,29)(H2,14,15,16). The minimum Gasteiger partial charge on any atom is -0.349 e. The summed E-state index contributed by atoms with van der Waals surface area (Å²) in [7, 11) is -16.5. The summed E-state index contributed by atoms with van der Waals surface area (Å²) in [5.41, 5.74) is -1.99. The van der Waals surface area contributed by atoms with Gasteiger partial charge in [-0.15, -0.1) is 0 Å². The highest BCUT2D eigenvalue weighted by Crippen LogP contribution is 2.66. The van der Waals surface area contributed by atoms with Gasteiger partial charge in [-0.1, -0.05) is 12.2 Å². The Morgan fingerprint density at radius 3 is 2.45 bits per heavy atom. The SMILES string of the molecule is CC1(F)CC(COP(=O)(O)OP(=O)(O)OP(=O)(O)O)OC1n1ccc(=S)[nH]c1=S. The van der Waals surface area contributed by atoms with Crippen molar-refractivity contribution in [2.24, 2.45) is 0 Å². The summed E-state index contributed by atoms with van der Waals surface area (Å²) in [6, 6.07) is 1.45. The van der Waals surface area contributed by atoms with Gasteiger partial charge in [0, 0.05) is 12.6 Å². The van der Waals surface area contributed by atoms with E-state index in [0.29, 0.717) is 4.64 Å². The molecule has 1 saturated heterocycles. The van der Waals surface area contributed by atoms with Crippen molar-refractivity contribution < 1.29 is 55.5 Å². The Labute approximate surface area is 172 Å². The van der Waals surface area contributed by atoms with Gasteiger partial charge in [-0.3, -0.25) is 9.09 Å². The van der Waals surface area contributed by atoms with Crippen LogP contribution in [0.25, 0.3) is 0 Å². The van der Waals surface area contributed by atoms with Crippen molar-refractivity contribution in [1.82, 2.24) is 9.55 Å². The lowest BCUT2D eigenvalue weighted by Crippen LogP contribution is -2.28. The Morgan fingerprint density at radius 2 is 1.90 bits per heavy atom. The van der Waals surface area contributed by atoms with Crippen molar-refractivity contribution >= 4 is 47.9 Å². The van der Waals surface area contributed by atoms with Gasteiger partial charge in [0.2, 0.25) is 0 Å². The van der Waals surface area contributed by atoms with Crippen LogP contribution in [0.2, 0.25) is 0 Å². The van der Waals surface area contributed by atoms with Crippen molar-refractivity contribution in [1.29, 1.82) is 0 Å². The Balaban J connectivity index is 2.05. The van der Waals surface area contributed by atoms with Gasteiger partial charge in [0.25, 0.3) is 0 Å². The second kappa shape index (κ2) is 8.75. The van der Waals surface area contributed by atoms with Crippen LogP contribution in [0.5, 0.6) is 0 Å². The third-order valence-corrected chi connectivity index (χ3v) is 7.76. The molecule has 13 nitrogen and oxygen atoms in total. The van der Waals surface area contributed by atoms with Crippen LogP contribution in [-0.4, -0.2) is 47.5 Å². The van der Waals surface area contributed by atoms with Crippen LogP contribution in [0.4, 0.5) is 4.39 Å². The van der Waals surface area contributed by atoms with Gasteiger partial charge in [-0.2, -0.15) is 8.62 Å². The normalized spacial score (nSPS) is 29.3. The van der Waals surface area contributed by atoms with Crippen molar-refractivity contribution in [3.8, 4) is 0 Å². The first kappa shape index (κ1) is 25.1. The lowest BCUT2D eigenvalue weighted by atomic mass is 10.0. The second-order valence-corrected chi connectivity index (χ2v) is 11.2. The van der Waals surface area contributed by atoms with Crippen LogP contribution >= 0.6 is 47.9 Å². The Kier molecular flexibility index (Phi) is 7.57. The molecule has 1 aromatic heterocycles. The van der Waals surface area contributed by atoms with Crippen molar-refractivity contribution in [3.05, 3.63) is 21.7 Å². The van der Waals surface area contributed by atoms with Crippen LogP contribution in [0.1, 0.15) is 19.6 Å². The molecule has 5 unspecified atom stereocenters. The first-order valence-electron chi connectivity index (χ1n) is 7.44. The summed E-state index contributed by atoms with van der Waals surface area (Å²) in [5, 5.41) is 0. The van der Waals surface area contributed by atoms with Gasteiger partial charge in [0.15, 0.2) is 16.7 Å². The van der Waals surface area contributed by atoms with E-state index >= 15 is 0 Å². The predicted molar refractivity (Wildman–Crippen MR) is 98.3 cm³/mol. The molecule has 2 rings (SSSR count). The number of hydrogen-bond acceptors (Lipinski definition) is 9. The molecular formula is C10H16FN2O11P3S2. The number of aromatic amines is 1. The molecule has 5 atom stereocenters. The van der Waals surface area contributed by atoms with Crippen molar-refractivity contribution in [3.63, 3.8) is 0 Å². The summed E-state index contributed by atoms with van der Waals surface area (Å²) in [4.78, 5) is 38.1. The number of alkyl halides is 1. The number of nitrogens with zero attached hydrogens (tertiary/aromatic N) is 1. The number of rotatable bonds is 8. The molecule has 5 N–H and O–H groups in total. The molecule has 0 aromatic carbocycles. The van der Waals surface area contributed by atoms with Crippen LogP contribution in [0.15, 0.2) is 12.3 Å². The molecule has 2 heterocycles. The average Bonchev–Trinajstić information content (AvgIpc) is 2.76. The molecule has 166 valence electrons. The Morgan fingerprint density at radius 1 is 1.28 bits per heavy atom. The summed E-state index contributed by atoms with van der Waals surface area (Å²) < 4.78 is 67.2. The number of nitrogens with one attached hydrogen (secondary N) is 1. The molecule has 1 aromatic rings. The van der Waals surface area contributed by atoms with Gasteiger partial charge in [0.1, 0.15) is 4.64 Å². The number of phosphoric acid groups is 3. The lowest BCUT2D eigenvalue weighted by molar-refractivity contribution is -0.0594. The molecule has 1 aliphatic rings. The average molecular weight is 516 g/mol. The smallest absolute Gasteiger partial charge is 0.349 e. The van der Waals surface area contributed by atoms with Crippen molar-refractivity contribution in [2.75, 3.05) is 6.61 Å². The summed E-state index contributed by atoms with van der Waals surface area (Å²) >= 11 is 9.97. The Bertz CT molecular complexity index is 1020. The molecule has 1 aliphatic heterocycles. The third kappa shape index (κ3) is 7.47. The maximum atomic E-state index is 14.9. The van der Waals surface area contributed by atoms with Gasteiger partial charge < -0.3 is 29.3 Å². The topological polar surface area (TPSA) is 190 Å². The fourth-order valence-electron chi connectivity index (χ4n) is 2.46. The maximum Gasteiger partial charge on any atom is 0.490 e. The monoisotopic (exact) mass is 516 g/mol. The van der Waals surface area contributed by atoms with E-state index in [9.17, 15) is 23.0 Å². The zero-order valence-electron chi connectivity index (χ0n) is 14.4. The van der Waals surface area contributed by atoms with E-state index < -0.39 is 48.1 Å². The van der Waals surface area contributed by atoms with E-state index in [4.69, 9.17) is 43.9 Å². The molecule has 0 saturated carbocycles. The molecule has 0 spiro atoms. The van der Waals surface area contributed by atoms with E-state index in [1.54, 1.807) is 0 Å². The highest BCUT2D eigenvalue weighted by Gasteiger charge is 2.48. The van der Waals surface area contributed by atoms with Crippen LogP contribution in [0.3, 0.4) is 0 Å². The zero-order chi connectivity index (χ0) is 22.3. The number of phosphoric ester groups is 1. The van der Waals surface area contributed by atoms with Crippen LogP contribution in [-0.2, 0) is 31.6 Å². The number of aromatic nitrogens is 2. The summed E-state index contributed by atoms with van der Waals surface area (Å²) in [5.74, 6) is 0. The molecule has 1 fully saturated rings. The lowest BCUT2D eigenvalue weighted by Gasteiger charge is -2.23. The van der Waals surface area contributed by atoms with Crippen LogP contribution in [0, 0.1) is 9.41 Å².